The second-order valence-electron chi connectivity index (χ2n) is 4.00. The summed E-state index contributed by atoms with van der Waals surface area (Å²) in [6, 6.07) is 1.95. The van der Waals surface area contributed by atoms with Crippen molar-refractivity contribution < 1.29 is 13.2 Å². The molecule has 0 saturated carbocycles. The Morgan fingerprint density at radius 3 is 2.59 bits per heavy atom. The lowest BCUT2D eigenvalue weighted by Crippen LogP contribution is -2.55. The maximum atomic E-state index is 12.3. The summed E-state index contributed by atoms with van der Waals surface area (Å²) in [7, 11) is -3.43. The minimum atomic E-state index is -3.43. The van der Waals surface area contributed by atoms with Crippen molar-refractivity contribution in [1.82, 2.24) is 13.9 Å². The SMILES string of the molecule is N#CC1CN(S(=O)(=O)N2CCNCC2)CCO1. The van der Waals surface area contributed by atoms with E-state index in [0.29, 0.717) is 32.7 Å². The lowest BCUT2D eigenvalue weighted by Gasteiger charge is -2.35. The van der Waals surface area contributed by atoms with Crippen molar-refractivity contribution in [2.75, 3.05) is 45.9 Å². The third-order valence-corrected chi connectivity index (χ3v) is 4.90. The Bertz CT molecular complexity index is 399. The van der Waals surface area contributed by atoms with Gasteiger partial charge in [-0.25, -0.2) is 0 Å². The molecule has 2 rings (SSSR count). The first kappa shape index (κ1) is 12.7. The maximum absolute atomic E-state index is 12.3. The van der Waals surface area contributed by atoms with Crippen LogP contribution in [0.15, 0.2) is 0 Å². The van der Waals surface area contributed by atoms with Gasteiger partial charge in [-0.3, -0.25) is 0 Å². The molecule has 0 bridgehead atoms. The molecule has 17 heavy (non-hydrogen) atoms. The molecule has 1 unspecified atom stereocenters. The third kappa shape index (κ3) is 2.75. The number of morpholine rings is 1. The number of hydrogen-bond donors (Lipinski definition) is 1. The number of nitriles is 1. The molecular formula is C9H16N4O3S. The van der Waals surface area contributed by atoms with Crippen LogP contribution in [-0.4, -0.2) is 69.0 Å². The largest absolute Gasteiger partial charge is 0.361 e. The normalized spacial score (nSPS) is 28.8. The minimum absolute atomic E-state index is 0.128. The number of piperazine rings is 1. The van der Waals surface area contributed by atoms with Crippen molar-refractivity contribution in [2.24, 2.45) is 0 Å². The highest BCUT2D eigenvalue weighted by Crippen LogP contribution is 2.14. The third-order valence-electron chi connectivity index (χ3n) is 2.90. The van der Waals surface area contributed by atoms with Crippen molar-refractivity contribution in [2.45, 2.75) is 6.10 Å². The molecule has 0 spiro atoms. The van der Waals surface area contributed by atoms with Gasteiger partial charge in [0.05, 0.1) is 19.2 Å². The first-order valence-corrected chi connectivity index (χ1v) is 7.01. The molecule has 1 atom stereocenters. The first-order valence-electron chi connectivity index (χ1n) is 5.62. The van der Waals surface area contributed by atoms with Crippen LogP contribution in [0.2, 0.25) is 0 Å². The predicted octanol–water partition coefficient (Wildman–Crippen LogP) is -1.64. The number of hydrogen-bond acceptors (Lipinski definition) is 5. The van der Waals surface area contributed by atoms with Crippen LogP contribution in [0.3, 0.4) is 0 Å². The van der Waals surface area contributed by atoms with Crippen LogP contribution in [0.4, 0.5) is 0 Å². The summed E-state index contributed by atoms with van der Waals surface area (Å²) < 4.78 is 32.5. The Kier molecular flexibility index (Phi) is 3.96. The summed E-state index contributed by atoms with van der Waals surface area (Å²) in [5.74, 6) is 0. The minimum Gasteiger partial charge on any atom is -0.361 e. The number of nitrogens with one attached hydrogen (secondary N) is 1. The zero-order valence-electron chi connectivity index (χ0n) is 9.50. The van der Waals surface area contributed by atoms with Gasteiger partial charge in [0, 0.05) is 32.7 Å². The van der Waals surface area contributed by atoms with Crippen LogP contribution in [0.1, 0.15) is 0 Å². The molecule has 1 N–H and O–H groups in total. The smallest absolute Gasteiger partial charge is 0.282 e. The molecule has 8 heteroatoms. The highest BCUT2D eigenvalue weighted by Gasteiger charge is 2.34. The molecule has 0 aromatic heterocycles. The molecule has 2 aliphatic rings. The summed E-state index contributed by atoms with van der Waals surface area (Å²) in [4.78, 5) is 0. The van der Waals surface area contributed by atoms with Gasteiger partial charge >= 0.3 is 0 Å². The standard InChI is InChI=1S/C9H16N4O3S/c10-7-9-8-13(5-6-16-9)17(14,15)12-3-1-11-2-4-12/h9,11H,1-6,8H2. The van der Waals surface area contributed by atoms with Gasteiger partial charge in [-0.05, 0) is 0 Å². The van der Waals surface area contributed by atoms with E-state index in [9.17, 15) is 8.42 Å². The van der Waals surface area contributed by atoms with Gasteiger partial charge in [0.1, 0.15) is 0 Å². The first-order chi connectivity index (χ1) is 8.14. The van der Waals surface area contributed by atoms with E-state index in [0.717, 1.165) is 0 Å². The van der Waals surface area contributed by atoms with Crippen LogP contribution >= 0.6 is 0 Å². The second-order valence-corrected chi connectivity index (χ2v) is 5.93. The number of nitrogens with zero attached hydrogens (tertiary/aromatic N) is 3. The lowest BCUT2D eigenvalue weighted by atomic mass is 10.3. The Balaban J connectivity index is 2.06. The fourth-order valence-corrected chi connectivity index (χ4v) is 3.55. The summed E-state index contributed by atoms with van der Waals surface area (Å²) in [5.41, 5.74) is 0. The fraction of sp³-hybridized carbons (Fsp3) is 0.889. The van der Waals surface area contributed by atoms with Crippen molar-refractivity contribution in [3.8, 4) is 6.07 Å². The molecule has 0 amide bonds. The number of rotatable bonds is 2. The molecule has 7 nitrogen and oxygen atoms in total. The van der Waals surface area contributed by atoms with Crippen molar-refractivity contribution in [3.05, 3.63) is 0 Å². The van der Waals surface area contributed by atoms with Gasteiger partial charge < -0.3 is 10.1 Å². The van der Waals surface area contributed by atoms with Crippen LogP contribution in [-0.2, 0) is 14.9 Å². The van der Waals surface area contributed by atoms with Crippen molar-refractivity contribution >= 4 is 10.2 Å². The van der Waals surface area contributed by atoms with Crippen LogP contribution in [0.25, 0.3) is 0 Å². The van der Waals surface area contributed by atoms with E-state index in [-0.39, 0.29) is 13.2 Å². The summed E-state index contributed by atoms with van der Waals surface area (Å²) >= 11 is 0. The maximum Gasteiger partial charge on any atom is 0.282 e. The van der Waals surface area contributed by atoms with E-state index < -0.39 is 16.3 Å². The van der Waals surface area contributed by atoms with Crippen LogP contribution in [0.5, 0.6) is 0 Å². The molecule has 2 saturated heterocycles. The van der Waals surface area contributed by atoms with E-state index in [2.05, 4.69) is 5.32 Å². The molecule has 2 aliphatic heterocycles. The van der Waals surface area contributed by atoms with E-state index >= 15 is 0 Å². The van der Waals surface area contributed by atoms with Crippen LogP contribution < -0.4 is 5.32 Å². The molecular weight excluding hydrogens is 244 g/mol. The molecule has 0 radical (unpaired) electrons. The van der Waals surface area contributed by atoms with Gasteiger partial charge in [0.25, 0.3) is 10.2 Å². The Hall–Kier alpha value is -0.720. The molecule has 2 heterocycles. The quantitative estimate of drug-likeness (QED) is 0.643. The summed E-state index contributed by atoms with van der Waals surface area (Å²) in [6.07, 6.45) is -0.651. The van der Waals surface area contributed by atoms with E-state index in [1.54, 1.807) is 0 Å². The second kappa shape index (κ2) is 5.29. The fourth-order valence-electron chi connectivity index (χ4n) is 1.95. The van der Waals surface area contributed by atoms with Gasteiger partial charge in [0.15, 0.2) is 6.10 Å². The van der Waals surface area contributed by atoms with Gasteiger partial charge in [-0.15, -0.1) is 0 Å². The zero-order valence-corrected chi connectivity index (χ0v) is 10.3. The molecule has 0 aromatic rings. The number of ether oxygens (including phenoxy) is 1. The van der Waals surface area contributed by atoms with Gasteiger partial charge in [0.2, 0.25) is 0 Å². The Labute approximate surface area is 101 Å². The zero-order chi connectivity index (χ0) is 12.3. The lowest BCUT2D eigenvalue weighted by molar-refractivity contribution is 0.0288. The Morgan fingerprint density at radius 1 is 1.24 bits per heavy atom. The predicted molar refractivity (Wildman–Crippen MR) is 60.3 cm³/mol. The highest BCUT2D eigenvalue weighted by molar-refractivity contribution is 7.86. The Morgan fingerprint density at radius 2 is 1.94 bits per heavy atom. The molecule has 2 fully saturated rings. The average molecular weight is 260 g/mol. The van der Waals surface area contributed by atoms with E-state index in [4.69, 9.17) is 10.00 Å². The highest BCUT2D eigenvalue weighted by atomic mass is 32.2. The molecule has 0 aromatic carbocycles. The van der Waals surface area contributed by atoms with E-state index in [1.807, 2.05) is 6.07 Å². The van der Waals surface area contributed by atoms with Crippen molar-refractivity contribution in [3.63, 3.8) is 0 Å². The monoisotopic (exact) mass is 260 g/mol. The molecule has 96 valence electrons. The van der Waals surface area contributed by atoms with E-state index in [1.165, 1.54) is 8.61 Å². The average Bonchev–Trinajstić information content (AvgIpc) is 2.40. The van der Waals surface area contributed by atoms with Crippen molar-refractivity contribution in [1.29, 1.82) is 5.26 Å². The molecule has 0 aliphatic carbocycles. The topological polar surface area (TPSA) is 85.7 Å². The van der Waals surface area contributed by atoms with Gasteiger partial charge in [-0.1, -0.05) is 0 Å². The van der Waals surface area contributed by atoms with Crippen LogP contribution in [0, 0.1) is 11.3 Å². The van der Waals surface area contributed by atoms with Gasteiger partial charge in [-0.2, -0.15) is 22.3 Å². The summed E-state index contributed by atoms with van der Waals surface area (Å²) in [6.45, 7) is 3.04. The summed E-state index contributed by atoms with van der Waals surface area (Å²) in [5, 5.41) is 11.9.